The molecule has 1 atom stereocenters. The number of hydrogen-bond donors (Lipinski definition) is 1. The maximum Gasteiger partial charge on any atom is 0.181 e. The van der Waals surface area contributed by atoms with E-state index < -0.39 is 9.84 Å². The van der Waals surface area contributed by atoms with Crippen molar-refractivity contribution in [1.29, 1.82) is 0 Å². The Hall–Kier alpha value is -1.89. The first-order valence-corrected chi connectivity index (χ1v) is 7.83. The lowest BCUT2D eigenvalue weighted by atomic mass is 10.2. The SMILES string of the molecule is Nc1cccc(-c2ncn(C3CCS(=O)(=O)C3)n2)c1. The number of anilines is 1. The number of sulfone groups is 1. The number of benzene rings is 1. The van der Waals surface area contributed by atoms with Crippen molar-refractivity contribution in [3.8, 4) is 11.4 Å². The number of rotatable bonds is 2. The molecule has 1 aromatic heterocycles. The van der Waals surface area contributed by atoms with Gasteiger partial charge in [-0.2, -0.15) is 5.10 Å². The van der Waals surface area contributed by atoms with E-state index in [-0.39, 0.29) is 17.5 Å². The summed E-state index contributed by atoms with van der Waals surface area (Å²) in [6.07, 6.45) is 2.19. The third-order valence-corrected chi connectivity index (χ3v) is 4.99. The van der Waals surface area contributed by atoms with E-state index in [4.69, 9.17) is 5.73 Å². The van der Waals surface area contributed by atoms with Crippen LogP contribution >= 0.6 is 0 Å². The molecule has 0 amide bonds. The van der Waals surface area contributed by atoms with Crippen molar-refractivity contribution in [2.45, 2.75) is 12.5 Å². The van der Waals surface area contributed by atoms with Gasteiger partial charge in [-0.15, -0.1) is 0 Å². The van der Waals surface area contributed by atoms with Gasteiger partial charge in [-0.1, -0.05) is 12.1 Å². The molecule has 1 saturated heterocycles. The highest BCUT2D eigenvalue weighted by atomic mass is 32.2. The highest BCUT2D eigenvalue weighted by Gasteiger charge is 2.29. The highest BCUT2D eigenvalue weighted by molar-refractivity contribution is 7.91. The van der Waals surface area contributed by atoms with Crippen LogP contribution in [0.4, 0.5) is 5.69 Å². The second-order valence-corrected chi connectivity index (χ2v) is 6.96. The Balaban J connectivity index is 1.88. The smallest absolute Gasteiger partial charge is 0.181 e. The third kappa shape index (κ3) is 2.46. The summed E-state index contributed by atoms with van der Waals surface area (Å²) in [7, 11) is -2.91. The monoisotopic (exact) mass is 278 g/mol. The van der Waals surface area contributed by atoms with Gasteiger partial charge in [0.15, 0.2) is 15.7 Å². The first-order chi connectivity index (χ1) is 9.03. The van der Waals surface area contributed by atoms with Gasteiger partial charge in [0.1, 0.15) is 6.33 Å². The predicted molar refractivity (Wildman–Crippen MR) is 72.2 cm³/mol. The van der Waals surface area contributed by atoms with Gasteiger partial charge in [-0.05, 0) is 18.6 Å². The molecular formula is C12H14N4O2S. The van der Waals surface area contributed by atoms with Crippen molar-refractivity contribution in [3.63, 3.8) is 0 Å². The molecule has 1 aromatic carbocycles. The van der Waals surface area contributed by atoms with Crippen LogP contribution in [0.15, 0.2) is 30.6 Å². The van der Waals surface area contributed by atoms with Crippen LogP contribution in [0, 0.1) is 0 Å². The van der Waals surface area contributed by atoms with Crippen LogP contribution in [-0.4, -0.2) is 34.7 Å². The minimum absolute atomic E-state index is 0.104. The van der Waals surface area contributed by atoms with Crippen molar-refractivity contribution in [2.75, 3.05) is 17.2 Å². The maximum atomic E-state index is 11.5. The maximum absolute atomic E-state index is 11.5. The Kier molecular flexibility index (Phi) is 2.78. The summed E-state index contributed by atoms with van der Waals surface area (Å²) in [4.78, 5) is 4.22. The van der Waals surface area contributed by atoms with Crippen LogP contribution < -0.4 is 5.73 Å². The fraction of sp³-hybridized carbons (Fsp3) is 0.333. The zero-order chi connectivity index (χ0) is 13.5. The number of nitrogens with two attached hydrogens (primary N) is 1. The van der Waals surface area contributed by atoms with E-state index in [1.165, 1.54) is 0 Å². The van der Waals surface area contributed by atoms with Crippen LogP contribution in [0.1, 0.15) is 12.5 Å². The first-order valence-electron chi connectivity index (χ1n) is 6.01. The summed E-state index contributed by atoms with van der Waals surface area (Å²) in [6, 6.07) is 7.20. The summed E-state index contributed by atoms with van der Waals surface area (Å²) < 4.78 is 24.6. The molecule has 2 N–H and O–H groups in total. The number of nitrogen functional groups attached to an aromatic ring is 1. The second-order valence-electron chi connectivity index (χ2n) is 4.73. The number of nitrogens with zero attached hydrogens (tertiary/aromatic N) is 3. The van der Waals surface area contributed by atoms with Crippen molar-refractivity contribution in [3.05, 3.63) is 30.6 Å². The van der Waals surface area contributed by atoms with Crippen molar-refractivity contribution in [1.82, 2.24) is 14.8 Å². The van der Waals surface area contributed by atoms with Crippen LogP contribution in [0.2, 0.25) is 0 Å². The molecule has 0 bridgehead atoms. The summed E-state index contributed by atoms with van der Waals surface area (Å²) in [5.74, 6) is 0.939. The summed E-state index contributed by atoms with van der Waals surface area (Å²) >= 11 is 0. The lowest BCUT2D eigenvalue weighted by Crippen LogP contribution is -2.11. The summed E-state index contributed by atoms with van der Waals surface area (Å²) in [5, 5.41) is 4.35. The predicted octanol–water partition coefficient (Wildman–Crippen LogP) is 0.887. The molecule has 1 unspecified atom stereocenters. The zero-order valence-corrected chi connectivity index (χ0v) is 11.0. The lowest BCUT2D eigenvalue weighted by Gasteiger charge is -2.06. The van der Waals surface area contributed by atoms with E-state index in [0.717, 1.165) is 5.56 Å². The van der Waals surface area contributed by atoms with Gasteiger partial charge >= 0.3 is 0 Å². The average Bonchev–Trinajstić information content (AvgIpc) is 2.95. The fourth-order valence-corrected chi connectivity index (χ4v) is 3.95. The number of hydrogen-bond acceptors (Lipinski definition) is 5. The number of aromatic nitrogens is 3. The van der Waals surface area contributed by atoms with Crippen molar-refractivity contribution < 1.29 is 8.42 Å². The molecule has 0 saturated carbocycles. The van der Waals surface area contributed by atoms with Gasteiger partial charge in [0.2, 0.25) is 0 Å². The molecule has 2 aromatic rings. The van der Waals surface area contributed by atoms with Gasteiger partial charge in [0.25, 0.3) is 0 Å². The van der Waals surface area contributed by atoms with Crippen molar-refractivity contribution >= 4 is 15.5 Å². The Morgan fingerprint density at radius 2 is 2.21 bits per heavy atom. The minimum atomic E-state index is -2.91. The molecule has 2 heterocycles. The van der Waals surface area contributed by atoms with E-state index >= 15 is 0 Å². The highest BCUT2D eigenvalue weighted by Crippen LogP contribution is 2.24. The average molecular weight is 278 g/mol. The summed E-state index contributed by atoms with van der Waals surface area (Å²) in [5.41, 5.74) is 7.20. The van der Waals surface area contributed by atoms with Crippen LogP contribution in [0.25, 0.3) is 11.4 Å². The minimum Gasteiger partial charge on any atom is -0.399 e. The molecule has 7 heteroatoms. The molecule has 1 fully saturated rings. The van der Waals surface area contributed by atoms with E-state index in [0.29, 0.717) is 17.9 Å². The lowest BCUT2D eigenvalue weighted by molar-refractivity contribution is 0.499. The standard InChI is InChI=1S/C12H14N4O2S/c13-10-3-1-2-9(6-10)12-14-8-16(15-12)11-4-5-19(17,18)7-11/h1-3,6,8,11H,4-5,7,13H2. The van der Waals surface area contributed by atoms with E-state index in [2.05, 4.69) is 10.1 Å². The Bertz CT molecular complexity index is 708. The topological polar surface area (TPSA) is 90.9 Å². The molecule has 0 spiro atoms. The van der Waals surface area contributed by atoms with Gasteiger partial charge in [0, 0.05) is 11.3 Å². The largest absolute Gasteiger partial charge is 0.399 e. The Morgan fingerprint density at radius 3 is 2.89 bits per heavy atom. The normalized spacial score (nSPS) is 21.6. The molecule has 1 aliphatic heterocycles. The Labute approximate surface area is 111 Å². The van der Waals surface area contributed by atoms with Gasteiger partial charge in [-0.25, -0.2) is 18.1 Å². The van der Waals surface area contributed by atoms with Crippen LogP contribution in [0.5, 0.6) is 0 Å². The Morgan fingerprint density at radius 1 is 1.37 bits per heavy atom. The van der Waals surface area contributed by atoms with Gasteiger partial charge in [0.05, 0.1) is 17.5 Å². The molecule has 1 aliphatic rings. The molecule has 19 heavy (non-hydrogen) atoms. The van der Waals surface area contributed by atoms with E-state index in [1.54, 1.807) is 23.1 Å². The molecule has 3 rings (SSSR count). The molecule has 0 radical (unpaired) electrons. The van der Waals surface area contributed by atoms with E-state index in [9.17, 15) is 8.42 Å². The summed E-state index contributed by atoms with van der Waals surface area (Å²) in [6.45, 7) is 0. The zero-order valence-electron chi connectivity index (χ0n) is 10.2. The first kappa shape index (κ1) is 12.2. The molecule has 0 aliphatic carbocycles. The third-order valence-electron chi connectivity index (χ3n) is 3.24. The van der Waals surface area contributed by atoms with E-state index in [1.807, 2.05) is 12.1 Å². The van der Waals surface area contributed by atoms with Crippen LogP contribution in [-0.2, 0) is 9.84 Å². The van der Waals surface area contributed by atoms with Gasteiger partial charge in [-0.3, -0.25) is 0 Å². The molecular weight excluding hydrogens is 264 g/mol. The van der Waals surface area contributed by atoms with Gasteiger partial charge < -0.3 is 5.73 Å². The van der Waals surface area contributed by atoms with Crippen LogP contribution in [0.3, 0.4) is 0 Å². The molecule has 6 nitrogen and oxygen atoms in total. The van der Waals surface area contributed by atoms with Crippen molar-refractivity contribution in [2.24, 2.45) is 0 Å². The molecule has 100 valence electrons. The second kappa shape index (κ2) is 4.34. The fourth-order valence-electron chi connectivity index (χ4n) is 2.24. The quantitative estimate of drug-likeness (QED) is 0.824.